The van der Waals surface area contributed by atoms with Gasteiger partial charge in [-0.25, -0.2) is 4.98 Å². The molecule has 1 fully saturated rings. The number of nitrogens with one attached hydrogen (secondary N) is 1. The molecule has 1 aliphatic rings. The number of aromatic nitrogens is 2. The molecule has 0 spiro atoms. The van der Waals surface area contributed by atoms with E-state index in [9.17, 15) is 0 Å². The highest BCUT2D eigenvalue weighted by molar-refractivity contribution is 5.76. The summed E-state index contributed by atoms with van der Waals surface area (Å²) >= 11 is 0. The smallest absolute Gasteiger partial charge is 0.221 e. The normalized spacial score (nSPS) is 14.4. The van der Waals surface area contributed by atoms with Crippen molar-refractivity contribution in [1.82, 2.24) is 14.9 Å². The molecule has 26 heavy (non-hydrogen) atoms. The lowest BCUT2D eigenvalue weighted by Crippen LogP contribution is -2.21. The predicted molar refractivity (Wildman–Crippen MR) is 104 cm³/mol. The fourth-order valence-corrected chi connectivity index (χ4v) is 3.23. The molecule has 0 atom stereocenters. The fraction of sp³-hybridized carbons (Fsp3) is 0.474. The largest absolute Gasteiger partial charge is 0.493 e. The summed E-state index contributed by atoms with van der Waals surface area (Å²) in [7, 11) is 3.46. The lowest BCUT2D eigenvalue weighted by Gasteiger charge is -2.16. The standard InChI is InChI=1S/C19H27N5O2/c1-21-18-15(13-22-19(20)23-18)14-6-7-16(25-2)17(12-14)26-11-5-10-24-8-3-4-9-24/h6-7,12-13H,3-5,8-11H2,1-2H3,(H3,20,21,22,23). The van der Waals surface area contributed by atoms with E-state index < -0.39 is 0 Å². The van der Waals surface area contributed by atoms with Gasteiger partial charge in [-0.1, -0.05) is 6.07 Å². The Morgan fingerprint density at radius 3 is 2.77 bits per heavy atom. The van der Waals surface area contributed by atoms with Crippen LogP contribution in [0.2, 0.25) is 0 Å². The molecule has 2 aromatic rings. The third-order valence-corrected chi connectivity index (χ3v) is 4.59. The van der Waals surface area contributed by atoms with Crippen LogP contribution in [0.4, 0.5) is 11.8 Å². The Morgan fingerprint density at radius 1 is 1.23 bits per heavy atom. The van der Waals surface area contributed by atoms with Crippen LogP contribution in [0.1, 0.15) is 19.3 Å². The molecule has 0 saturated carbocycles. The first kappa shape index (κ1) is 18.3. The van der Waals surface area contributed by atoms with Crippen LogP contribution in [0.3, 0.4) is 0 Å². The van der Waals surface area contributed by atoms with Crippen LogP contribution >= 0.6 is 0 Å². The number of nitrogen functional groups attached to an aromatic ring is 1. The zero-order chi connectivity index (χ0) is 18.4. The topological polar surface area (TPSA) is 85.5 Å². The van der Waals surface area contributed by atoms with Crippen LogP contribution in [0.25, 0.3) is 11.1 Å². The Bertz CT molecular complexity index is 732. The molecule has 0 bridgehead atoms. The average Bonchev–Trinajstić information content (AvgIpc) is 3.18. The minimum atomic E-state index is 0.241. The molecule has 0 amide bonds. The molecule has 0 aliphatic carbocycles. The first-order chi connectivity index (χ1) is 12.7. The molecule has 1 aromatic carbocycles. The summed E-state index contributed by atoms with van der Waals surface area (Å²) in [4.78, 5) is 10.8. The van der Waals surface area contributed by atoms with Gasteiger partial charge in [0.05, 0.1) is 13.7 Å². The summed E-state index contributed by atoms with van der Waals surface area (Å²) in [5, 5.41) is 3.06. The zero-order valence-electron chi connectivity index (χ0n) is 15.5. The number of benzene rings is 1. The second kappa shape index (κ2) is 8.71. The number of nitrogens with zero attached hydrogens (tertiary/aromatic N) is 3. The number of methoxy groups -OCH3 is 1. The summed E-state index contributed by atoms with van der Waals surface area (Å²) in [5.74, 6) is 2.37. The Kier molecular flexibility index (Phi) is 6.12. The summed E-state index contributed by atoms with van der Waals surface area (Å²) in [6.07, 6.45) is 5.34. The molecule has 3 N–H and O–H groups in total. The SMILES string of the molecule is CNc1nc(N)ncc1-c1ccc(OC)c(OCCCN2CCCC2)c1. The summed E-state index contributed by atoms with van der Waals surface area (Å²) in [5.41, 5.74) is 7.49. The predicted octanol–water partition coefficient (Wildman–Crippen LogP) is 2.64. The van der Waals surface area contributed by atoms with E-state index >= 15 is 0 Å². The van der Waals surface area contributed by atoms with Gasteiger partial charge in [-0.3, -0.25) is 0 Å². The van der Waals surface area contributed by atoms with Crippen LogP contribution in [-0.4, -0.2) is 55.3 Å². The van der Waals surface area contributed by atoms with E-state index in [1.807, 2.05) is 25.2 Å². The van der Waals surface area contributed by atoms with Gasteiger partial charge in [0, 0.05) is 25.4 Å². The van der Waals surface area contributed by atoms with Crippen LogP contribution in [0.15, 0.2) is 24.4 Å². The highest BCUT2D eigenvalue weighted by atomic mass is 16.5. The quantitative estimate of drug-likeness (QED) is 0.702. The first-order valence-electron chi connectivity index (χ1n) is 9.05. The number of likely N-dealkylation sites (tertiary alicyclic amines) is 1. The maximum atomic E-state index is 6.01. The van der Waals surface area contributed by atoms with Crippen molar-refractivity contribution in [2.24, 2.45) is 0 Å². The first-order valence-corrected chi connectivity index (χ1v) is 9.05. The van der Waals surface area contributed by atoms with Gasteiger partial charge in [-0.05, 0) is 50.0 Å². The van der Waals surface area contributed by atoms with Crippen molar-refractivity contribution in [3.05, 3.63) is 24.4 Å². The van der Waals surface area contributed by atoms with Crippen LogP contribution < -0.4 is 20.5 Å². The average molecular weight is 357 g/mol. The zero-order valence-corrected chi connectivity index (χ0v) is 15.5. The number of hydrogen-bond acceptors (Lipinski definition) is 7. The Balaban J connectivity index is 1.71. The molecule has 2 heterocycles. The van der Waals surface area contributed by atoms with Crippen molar-refractivity contribution in [3.8, 4) is 22.6 Å². The second-order valence-corrected chi connectivity index (χ2v) is 6.36. The van der Waals surface area contributed by atoms with Gasteiger partial charge >= 0.3 is 0 Å². The van der Waals surface area contributed by atoms with E-state index in [2.05, 4.69) is 20.2 Å². The second-order valence-electron chi connectivity index (χ2n) is 6.36. The van der Waals surface area contributed by atoms with Gasteiger partial charge in [0.25, 0.3) is 0 Å². The molecule has 7 heteroatoms. The molecule has 140 valence electrons. The number of anilines is 2. The molecule has 7 nitrogen and oxygen atoms in total. The van der Waals surface area contributed by atoms with Gasteiger partial charge in [0.1, 0.15) is 5.82 Å². The fourth-order valence-electron chi connectivity index (χ4n) is 3.23. The summed E-state index contributed by atoms with van der Waals surface area (Å²) in [6, 6.07) is 5.83. The maximum Gasteiger partial charge on any atom is 0.221 e. The lowest BCUT2D eigenvalue weighted by atomic mass is 10.1. The number of ether oxygens (including phenoxy) is 2. The third-order valence-electron chi connectivity index (χ3n) is 4.59. The highest BCUT2D eigenvalue weighted by Gasteiger charge is 2.13. The third kappa shape index (κ3) is 4.35. The minimum absolute atomic E-state index is 0.241. The lowest BCUT2D eigenvalue weighted by molar-refractivity contribution is 0.254. The van der Waals surface area contributed by atoms with Crippen molar-refractivity contribution in [2.75, 3.05) is 51.4 Å². The van der Waals surface area contributed by atoms with E-state index in [0.717, 1.165) is 35.6 Å². The summed E-state index contributed by atoms with van der Waals surface area (Å²) < 4.78 is 11.4. The molecular formula is C19H27N5O2. The van der Waals surface area contributed by atoms with Gasteiger partial charge in [-0.15, -0.1) is 0 Å². The van der Waals surface area contributed by atoms with E-state index in [1.54, 1.807) is 13.3 Å². The molecular weight excluding hydrogens is 330 g/mol. The monoisotopic (exact) mass is 357 g/mol. The van der Waals surface area contributed by atoms with Crippen LogP contribution in [0, 0.1) is 0 Å². The minimum Gasteiger partial charge on any atom is -0.493 e. The van der Waals surface area contributed by atoms with Crippen molar-refractivity contribution in [3.63, 3.8) is 0 Å². The Morgan fingerprint density at radius 2 is 2.04 bits per heavy atom. The molecule has 1 saturated heterocycles. The van der Waals surface area contributed by atoms with Gasteiger partial charge in [0.2, 0.25) is 5.95 Å². The van der Waals surface area contributed by atoms with E-state index in [1.165, 1.54) is 25.9 Å². The Labute approximate surface area is 154 Å². The molecule has 3 rings (SSSR count). The van der Waals surface area contributed by atoms with E-state index in [0.29, 0.717) is 12.4 Å². The number of nitrogens with two attached hydrogens (primary N) is 1. The van der Waals surface area contributed by atoms with Crippen molar-refractivity contribution in [1.29, 1.82) is 0 Å². The maximum absolute atomic E-state index is 6.01. The number of hydrogen-bond donors (Lipinski definition) is 2. The molecule has 0 unspecified atom stereocenters. The van der Waals surface area contributed by atoms with Crippen molar-refractivity contribution < 1.29 is 9.47 Å². The van der Waals surface area contributed by atoms with E-state index in [-0.39, 0.29) is 5.95 Å². The van der Waals surface area contributed by atoms with Gasteiger partial charge in [0.15, 0.2) is 11.5 Å². The molecule has 1 aliphatic heterocycles. The van der Waals surface area contributed by atoms with Crippen LogP contribution in [0.5, 0.6) is 11.5 Å². The van der Waals surface area contributed by atoms with E-state index in [4.69, 9.17) is 15.2 Å². The number of rotatable bonds is 8. The molecule has 0 radical (unpaired) electrons. The van der Waals surface area contributed by atoms with Crippen LogP contribution in [-0.2, 0) is 0 Å². The van der Waals surface area contributed by atoms with Crippen molar-refractivity contribution in [2.45, 2.75) is 19.3 Å². The van der Waals surface area contributed by atoms with Crippen molar-refractivity contribution >= 4 is 11.8 Å². The van der Waals surface area contributed by atoms with Gasteiger partial charge in [-0.2, -0.15) is 4.98 Å². The summed E-state index contributed by atoms with van der Waals surface area (Å²) in [6.45, 7) is 4.16. The Hall–Kier alpha value is -2.54. The highest BCUT2D eigenvalue weighted by Crippen LogP contribution is 2.34. The molecule has 1 aromatic heterocycles. The van der Waals surface area contributed by atoms with Gasteiger partial charge < -0.3 is 25.4 Å².